The van der Waals surface area contributed by atoms with E-state index in [1.165, 1.54) is 25.8 Å². The van der Waals surface area contributed by atoms with Crippen LogP contribution in [0.5, 0.6) is 0 Å². The number of carbonyl (C=O) groups is 1. The summed E-state index contributed by atoms with van der Waals surface area (Å²) in [5.74, 6) is 0.337. The SMILES string of the molecule is NCCCCC(=O)N1CCN2CCCCC2C1. The van der Waals surface area contributed by atoms with Gasteiger partial charge < -0.3 is 10.6 Å². The number of nitrogens with two attached hydrogens (primary N) is 1. The van der Waals surface area contributed by atoms with Crippen LogP contribution in [-0.2, 0) is 4.79 Å². The first-order chi connectivity index (χ1) is 8.31. The molecule has 2 N–H and O–H groups in total. The summed E-state index contributed by atoms with van der Waals surface area (Å²) in [6.45, 7) is 4.90. The van der Waals surface area contributed by atoms with Gasteiger partial charge in [-0.05, 0) is 38.8 Å². The van der Waals surface area contributed by atoms with Gasteiger partial charge in [-0.3, -0.25) is 9.69 Å². The minimum atomic E-state index is 0.337. The minimum Gasteiger partial charge on any atom is -0.340 e. The van der Waals surface area contributed by atoms with E-state index in [1.807, 2.05) is 0 Å². The Hall–Kier alpha value is -0.610. The first-order valence-electron chi connectivity index (χ1n) is 7.03. The third kappa shape index (κ3) is 3.42. The van der Waals surface area contributed by atoms with Crippen LogP contribution in [0.1, 0.15) is 38.5 Å². The summed E-state index contributed by atoms with van der Waals surface area (Å²) in [5, 5.41) is 0. The van der Waals surface area contributed by atoms with Crippen molar-refractivity contribution >= 4 is 5.91 Å². The highest BCUT2D eigenvalue weighted by Gasteiger charge is 2.30. The molecule has 1 unspecified atom stereocenters. The third-order valence-corrected chi connectivity index (χ3v) is 4.03. The molecule has 1 amide bonds. The predicted octanol–water partition coefficient (Wildman–Crippen LogP) is 0.812. The van der Waals surface area contributed by atoms with E-state index in [4.69, 9.17) is 5.73 Å². The van der Waals surface area contributed by atoms with Crippen molar-refractivity contribution in [1.29, 1.82) is 0 Å². The molecule has 17 heavy (non-hydrogen) atoms. The lowest BCUT2D eigenvalue weighted by Gasteiger charge is -2.44. The van der Waals surface area contributed by atoms with Gasteiger partial charge in [-0.25, -0.2) is 0 Å². The second-order valence-electron chi connectivity index (χ2n) is 5.27. The number of fused-ring (bicyclic) bond motifs is 1. The van der Waals surface area contributed by atoms with Crippen LogP contribution in [0.2, 0.25) is 0 Å². The highest BCUT2D eigenvalue weighted by Crippen LogP contribution is 2.21. The number of piperidine rings is 1. The summed E-state index contributed by atoms with van der Waals surface area (Å²) in [6, 6.07) is 0.635. The monoisotopic (exact) mass is 239 g/mol. The summed E-state index contributed by atoms with van der Waals surface area (Å²) in [7, 11) is 0. The van der Waals surface area contributed by atoms with Gasteiger partial charge in [0.25, 0.3) is 0 Å². The molecule has 0 saturated carbocycles. The predicted molar refractivity (Wildman–Crippen MR) is 68.7 cm³/mol. The van der Waals surface area contributed by atoms with E-state index in [1.54, 1.807) is 0 Å². The van der Waals surface area contributed by atoms with E-state index in [-0.39, 0.29) is 0 Å². The number of rotatable bonds is 4. The van der Waals surface area contributed by atoms with Gasteiger partial charge in [0, 0.05) is 32.1 Å². The zero-order valence-corrected chi connectivity index (χ0v) is 10.7. The van der Waals surface area contributed by atoms with E-state index >= 15 is 0 Å². The molecular weight excluding hydrogens is 214 g/mol. The van der Waals surface area contributed by atoms with Gasteiger partial charge in [0.1, 0.15) is 0 Å². The smallest absolute Gasteiger partial charge is 0.222 e. The van der Waals surface area contributed by atoms with Crippen LogP contribution < -0.4 is 5.73 Å². The van der Waals surface area contributed by atoms with E-state index in [0.29, 0.717) is 24.9 Å². The molecule has 2 saturated heterocycles. The molecule has 0 aliphatic carbocycles. The van der Waals surface area contributed by atoms with Crippen molar-refractivity contribution in [2.75, 3.05) is 32.7 Å². The fourth-order valence-corrected chi connectivity index (χ4v) is 2.96. The molecule has 0 spiro atoms. The zero-order chi connectivity index (χ0) is 12.1. The minimum absolute atomic E-state index is 0.337. The molecule has 2 fully saturated rings. The average Bonchev–Trinajstić information content (AvgIpc) is 2.38. The molecule has 2 rings (SSSR count). The molecule has 2 aliphatic heterocycles. The summed E-state index contributed by atoms with van der Waals surface area (Å²) < 4.78 is 0. The summed E-state index contributed by atoms with van der Waals surface area (Å²) in [6.07, 6.45) is 6.53. The van der Waals surface area contributed by atoms with Crippen molar-refractivity contribution in [1.82, 2.24) is 9.80 Å². The number of amides is 1. The molecule has 0 aromatic heterocycles. The Labute approximate surface area is 104 Å². The molecule has 0 aromatic rings. The maximum Gasteiger partial charge on any atom is 0.222 e. The van der Waals surface area contributed by atoms with Gasteiger partial charge >= 0.3 is 0 Å². The Morgan fingerprint density at radius 1 is 1.18 bits per heavy atom. The highest BCUT2D eigenvalue weighted by atomic mass is 16.2. The lowest BCUT2D eigenvalue weighted by molar-refractivity contribution is -0.134. The standard InChI is InChI=1S/C13H25N3O/c14-7-3-1-6-13(17)16-10-9-15-8-4-2-5-12(15)11-16/h12H,1-11,14H2. The zero-order valence-electron chi connectivity index (χ0n) is 10.7. The fourth-order valence-electron chi connectivity index (χ4n) is 2.96. The molecule has 0 aromatic carbocycles. The number of unbranched alkanes of at least 4 members (excludes halogenated alkanes) is 1. The van der Waals surface area contributed by atoms with E-state index in [2.05, 4.69) is 9.80 Å². The van der Waals surface area contributed by atoms with Crippen molar-refractivity contribution in [3.63, 3.8) is 0 Å². The van der Waals surface area contributed by atoms with Gasteiger partial charge in [-0.1, -0.05) is 6.42 Å². The Morgan fingerprint density at radius 3 is 2.88 bits per heavy atom. The normalized spacial score (nSPS) is 25.7. The van der Waals surface area contributed by atoms with Gasteiger partial charge in [0.05, 0.1) is 0 Å². The second-order valence-corrected chi connectivity index (χ2v) is 5.27. The second kappa shape index (κ2) is 6.36. The first-order valence-corrected chi connectivity index (χ1v) is 7.03. The summed E-state index contributed by atoms with van der Waals surface area (Å²) in [5.41, 5.74) is 5.45. The Balaban J connectivity index is 1.76. The van der Waals surface area contributed by atoms with Crippen molar-refractivity contribution in [3.05, 3.63) is 0 Å². The van der Waals surface area contributed by atoms with Crippen molar-refractivity contribution in [3.8, 4) is 0 Å². The maximum atomic E-state index is 12.0. The summed E-state index contributed by atoms with van der Waals surface area (Å²) >= 11 is 0. The molecule has 1 atom stereocenters. The topological polar surface area (TPSA) is 49.6 Å². The van der Waals surface area contributed by atoms with E-state index < -0.39 is 0 Å². The highest BCUT2D eigenvalue weighted by molar-refractivity contribution is 5.76. The van der Waals surface area contributed by atoms with Crippen LogP contribution in [0.15, 0.2) is 0 Å². The molecule has 0 radical (unpaired) electrons. The fraction of sp³-hybridized carbons (Fsp3) is 0.923. The van der Waals surface area contributed by atoms with Crippen LogP contribution in [0, 0.1) is 0 Å². The number of nitrogens with zero attached hydrogens (tertiary/aromatic N) is 2. The molecule has 0 bridgehead atoms. The Kier molecular flexibility index (Phi) is 4.80. The number of piperazine rings is 1. The van der Waals surface area contributed by atoms with Gasteiger partial charge in [-0.15, -0.1) is 0 Å². The van der Waals surface area contributed by atoms with E-state index in [9.17, 15) is 4.79 Å². The molecule has 4 nitrogen and oxygen atoms in total. The van der Waals surface area contributed by atoms with Crippen LogP contribution in [0.25, 0.3) is 0 Å². The quantitative estimate of drug-likeness (QED) is 0.739. The lowest BCUT2D eigenvalue weighted by Crippen LogP contribution is -2.56. The molecule has 2 aliphatic rings. The first kappa shape index (κ1) is 12.8. The van der Waals surface area contributed by atoms with Crippen molar-refractivity contribution < 1.29 is 4.79 Å². The lowest BCUT2D eigenvalue weighted by atomic mass is 9.99. The molecule has 98 valence electrons. The van der Waals surface area contributed by atoms with Crippen molar-refractivity contribution in [2.24, 2.45) is 5.73 Å². The van der Waals surface area contributed by atoms with E-state index in [0.717, 1.165) is 32.5 Å². The van der Waals surface area contributed by atoms with Crippen molar-refractivity contribution in [2.45, 2.75) is 44.6 Å². The third-order valence-electron chi connectivity index (χ3n) is 4.03. The number of hydrogen-bond acceptors (Lipinski definition) is 3. The molecular formula is C13H25N3O. The van der Waals surface area contributed by atoms with Crippen LogP contribution >= 0.6 is 0 Å². The number of carbonyl (C=O) groups excluding carboxylic acids is 1. The van der Waals surface area contributed by atoms with Crippen LogP contribution in [0.4, 0.5) is 0 Å². The summed E-state index contributed by atoms with van der Waals surface area (Å²) in [4.78, 5) is 16.6. The van der Waals surface area contributed by atoms with Crippen LogP contribution in [-0.4, -0.2) is 54.5 Å². The van der Waals surface area contributed by atoms with Crippen LogP contribution in [0.3, 0.4) is 0 Å². The Morgan fingerprint density at radius 2 is 2.06 bits per heavy atom. The van der Waals surface area contributed by atoms with Gasteiger partial charge in [0.2, 0.25) is 5.91 Å². The Bertz CT molecular complexity index is 257. The number of hydrogen-bond donors (Lipinski definition) is 1. The van der Waals surface area contributed by atoms with Gasteiger partial charge in [-0.2, -0.15) is 0 Å². The molecule has 4 heteroatoms. The maximum absolute atomic E-state index is 12.0. The largest absolute Gasteiger partial charge is 0.340 e. The van der Waals surface area contributed by atoms with Gasteiger partial charge in [0.15, 0.2) is 0 Å². The average molecular weight is 239 g/mol. The molecule has 2 heterocycles.